The van der Waals surface area contributed by atoms with Crippen molar-refractivity contribution in [2.75, 3.05) is 16.8 Å². The largest absolute Gasteiger partial charge is 0.358 e. The van der Waals surface area contributed by atoms with E-state index in [1.54, 1.807) is 11.3 Å². The minimum Gasteiger partial charge on any atom is -0.358 e. The Morgan fingerprint density at radius 2 is 2.35 bits per heavy atom. The van der Waals surface area contributed by atoms with E-state index < -0.39 is 0 Å². The van der Waals surface area contributed by atoms with E-state index in [-0.39, 0.29) is 0 Å². The van der Waals surface area contributed by atoms with Crippen LogP contribution in [0.1, 0.15) is 18.4 Å². The van der Waals surface area contributed by atoms with Gasteiger partial charge in [0, 0.05) is 11.8 Å². The average Bonchev–Trinajstić information content (AvgIpc) is 2.74. The first kappa shape index (κ1) is 11.4. The quantitative estimate of drug-likeness (QED) is 0.890. The van der Waals surface area contributed by atoms with Gasteiger partial charge in [0.15, 0.2) is 5.13 Å². The Balaban J connectivity index is 1.83. The van der Waals surface area contributed by atoms with Crippen LogP contribution < -0.4 is 5.32 Å². The van der Waals surface area contributed by atoms with Gasteiger partial charge in [-0.3, -0.25) is 0 Å². The van der Waals surface area contributed by atoms with Gasteiger partial charge in [-0.05, 0) is 37.1 Å². The third-order valence-electron chi connectivity index (χ3n) is 3.11. The van der Waals surface area contributed by atoms with Crippen molar-refractivity contribution in [2.24, 2.45) is 0 Å². The molecule has 17 heavy (non-hydrogen) atoms. The van der Waals surface area contributed by atoms with Gasteiger partial charge in [-0.25, -0.2) is 4.98 Å². The molecule has 0 spiro atoms. The Kier molecular flexibility index (Phi) is 3.25. The minimum absolute atomic E-state index is 0.606. The summed E-state index contributed by atoms with van der Waals surface area (Å²) in [6.07, 6.45) is 2.61. The summed E-state index contributed by atoms with van der Waals surface area (Å²) in [5, 5.41) is 4.67. The second-order valence-electron chi connectivity index (χ2n) is 4.50. The number of thioether (sulfide) groups is 1. The summed E-state index contributed by atoms with van der Waals surface area (Å²) in [6, 6.07) is 6.99. The van der Waals surface area contributed by atoms with Crippen molar-refractivity contribution >= 4 is 38.4 Å². The minimum atomic E-state index is 0.606. The number of anilines is 1. The van der Waals surface area contributed by atoms with Gasteiger partial charge in [0.2, 0.25) is 0 Å². The number of rotatable bonds is 2. The van der Waals surface area contributed by atoms with Crippen LogP contribution in [0.4, 0.5) is 5.13 Å². The molecule has 2 nitrogen and oxygen atoms in total. The van der Waals surface area contributed by atoms with E-state index in [9.17, 15) is 0 Å². The molecule has 90 valence electrons. The smallest absolute Gasteiger partial charge is 0.184 e. The van der Waals surface area contributed by atoms with Crippen molar-refractivity contribution < 1.29 is 0 Å². The first-order valence-corrected chi connectivity index (χ1v) is 8.00. The molecule has 0 aliphatic carbocycles. The van der Waals surface area contributed by atoms with Crippen molar-refractivity contribution in [3.8, 4) is 0 Å². The van der Waals surface area contributed by atoms with E-state index in [1.807, 2.05) is 11.8 Å². The molecule has 1 fully saturated rings. The highest BCUT2D eigenvalue weighted by atomic mass is 32.2. The number of nitrogens with one attached hydrogen (secondary N) is 1. The zero-order chi connectivity index (χ0) is 11.7. The predicted molar refractivity (Wildman–Crippen MR) is 78.3 cm³/mol. The summed E-state index contributed by atoms with van der Waals surface area (Å²) in [6.45, 7) is 2.13. The van der Waals surface area contributed by atoms with Crippen molar-refractivity contribution in [1.82, 2.24) is 4.98 Å². The number of thiazole rings is 1. The van der Waals surface area contributed by atoms with Crippen LogP contribution in [0.25, 0.3) is 10.2 Å². The van der Waals surface area contributed by atoms with E-state index in [0.29, 0.717) is 6.04 Å². The van der Waals surface area contributed by atoms with Crippen LogP contribution >= 0.6 is 23.1 Å². The van der Waals surface area contributed by atoms with Gasteiger partial charge in [0.05, 0.1) is 10.2 Å². The van der Waals surface area contributed by atoms with E-state index in [2.05, 4.69) is 30.4 Å². The molecular formula is C13H16N2S2. The molecule has 1 atom stereocenters. The van der Waals surface area contributed by atoms with Gasteiger partial charge in [0.1, 0.15) is 0 Å². The Hall–Kier alpha value is -0.740. The SMILES string of the molecule is Cc1cccc2sc(NC3CCCSC3)nc12. The summed E-state index contributed by atoms with van der Waals surface area (Å²) in [5.41, 5.74) is 2.42. The maximum absolute atomic E-state index is 4.70. The molecule has 1 N–H and O–H groups in total. The number of aryl methyl sites for hydroxylation is 1. The molecular weight excluding hydrogens is 248 g/mol. The molecule has 1 unspecified atom stereocenters. The van der Waals surface area contributed by atoms with Gasteiger partial charge in [0.25, 0.3) is 0 Å². The lowest BCUT2D eigenvalue weighted by molar-refractivity contribution is 0.685. The Morgan fingerprint density at radius 3 is 3.12 bits per heavy atom. The second-order valence-corrected chi connectivity index (χ2v) is 6.68. The van der Waals surface area contributed by atoms with Crippen LogP contribution in [-0.2, 0) is 0 Å². The summed E-state index contributed by atoms with van der Waals surface area (Å²) >= 11 is 3.82. The summed E-state index contributed by atoms with van der Waals surface area (Å²) in [5.74, 6) is 2.53. The van der Waals surface area contributed by atoms with Crippen molar-refractivity contribution in [1.29, 1.82) is 0 Å². The fraction of sp³-hybridized carbons (Fsp3) is 0.462. The number of hydrogen-bond acceptors (Lipinski definition) is 4. The summed E-state index contributed by atoms with van der Waals surface area (Å²) in [7, 11) is 0. The first-order valence-electron chi connectivity index (χ1n) is 6.03. The molecule has 2 heterocycles. The van der Waals surface area contributed by atoms with Crippen LogP contribution in [0, 0.1) is 6.92 Å². The number of hydrogen-bond donors (Lipinski definition) is 1. The molecule has 0 amide bonds. The monoisotopic (exact) mass is 264 g/mol. The molecule has 3 rings (SSSR count). The Labute approximate surface area is 110 Å². The number of nitrogens with zero attached hydrogens (tertiary/aromatic N) is 1. The van der Waals surface area contributed by atoms with Crippen molar-refractivity contribution in [2.45, 2.75) is 25.8 Å². The normalized spacial score (nSPS) is 20.6. The maximum atomic E-state index is 4.70. The van der Waals surface area contributed by atoms with Crippen LogP contribution in [0.2, 0.25) is 0 Å². The number of aromatic nitrogens is 1. The van der Waals surface area contributed by atoms with Gasteiger partial charge in [-0.15, -0.1) is 0 Å². The molecule has 1 aromatic carbocycles. The van der Waals surface area contributed by atoms with Crippen LogP contribution in [0.15, 0.2) is 18.2 Å². The second kappa shape index (κ2) is 4.86. The van der Waals surface area contributed by atoms with E-state index in [0.717, 1.165) is 10.6 Å². The van der Waals surface area contributed by atoms with Gasteiger partial charge in [-0.2, -0.15) is 11.8 Å². The molecule has 1 aromatic heterocycles. The number of fused-ring (bicyclic) bond motifs is 1. The topological polar surface area (TPSA) is 24.9 Å². The molecule has 4 heteroatoms. The molecule has 0 radical (unpaired) electrons. The zero-order valence-corrected chi connectivity index (χ0v) is 11.5. The lowest BCUT2D eigenvalue weighted by atomic mass is 10.2. The fourth-order valence-corrected chi connectivity index (χ4v) is 4.27. The third-order valence-corrected chi connectivity index (χ3v) is 5.28. The Morgan fingerprint density at radius 1 is 1.41 bits per heavy atom. The van der Waals surface area contributed by atoms with E-state index >= 15 is 0 Å². The summed E-state index contributed by atoms with van der Waals surface area (Å²) < 4.78 is 1.29. The first-order chi connectivity index (χ1) is 8.33. The molecule has 0 bridgehead atoms. The highest BCUT2D eigenvalue weighted by molar-refractivity contribution is 7.99. The van der Waals surface area contributed by atoms with Crippen LogP contribution in [0.5, 0.6) is 0 Å². The highest BCUT2D eigenvalue weighted by Crippen LogP contribution is 2.29. The highest BCUT2D eigenvalue weighted by Gasteiger charge is 2.15. The lowest BCUT2D eigenvalue weighted by Gasteiger charge is -2.21. The van der Waals surface area contributed by atoms with Gasteiger partial charge >= 0.3 is 0 Å². The van der Waals surface area contributed by atoms with E-state index in [1.165, 1.54) is 34.6 Å². The van der Waals surface area contributed by atoms with Crippen LogP contribution in [-0.4, -0.2) is 22.5 Å². The standard InChI is InChI=1S/C13H16N2S2/c1-9-4-2-6-11-12(9)15-13(17-11)14-10-5-3-7-16-8-10/h2,4,6,10H,3,5,7-8H2,1H3,(H,14,15). The molecule has 1 aliphatic rings. The van der Waals surface area contributed by atoms with Gasteiger partial charge < -0.3 is 5.32 Å². The van der Waals surface area contributed by atoms with Crippen LogP contribution in [0.3, 0.4) is 0 Å². The number of benzene rings is 1. The fourth-order valence-electron chi connectivity index (χ4n) is 2.18. The molecule has 1 saturated heterocycles. The van der Waals surface area contributed by atoms with E-state index in [4.69, 9.17) is 4.98 Å². The zero-order valence-electron chi connectivity index (χ0n) is 9.90. The molecule has 2 aromatic rings. The van der Waals surface area contributed by atoms with Crippen molar-refractivity contribution in [3.05, 3.63) is 23.8 Å². The average molecular weight is 264 g/mol. The predicted octanol–water partition coefficient (Wildman–Crippen LogP) is 3.91. The number of para-hydroxylation sites is 1. The molecule has 0 saturated carbocycles. The maximum Gasteiger partial charge on any atom is 0.184 e. The Bertz CT molecular complexity index is 515. The van der Waals surface area contributed by atoms with Crippen molar-refractivity contribution in [3.63, 3.8) is 0 Å². The van der Waals surface area contributed by atoms with Gasteiger partial charge in [-0.1, -0.05) is 23.5 Å². The third kappa shape index (κ3) is 2.43. The summed E-state index contributed by atoms with van der Waals surface area (Å²) in [4.78, 5) is 4.70. The molecule has 1 aliphatic heterocycles. The lowest BCUT2D eigenvalue weighted by Crippen LogP contribution is -2.25.